The summed E-state index contributed by atoms with van der Waals surface area (Å²) >= 11 is 0. The Morgan fingerprint density at radius 1 is 1.16 bits per heavy atom. The van der Waals surface area contributed by atoms with Gasteiger partial charge in [-0.1, -0.05) is 25.1 Å². The van der Waals surface area contributed by atoms with Gasteiger partial charge in [0.05, 0.1) is 6.61 Å². The number of ether oxygens (including phenoxy) is 1. The molecule has 1 heterocycles. The average Bonchev–Trinajstić information content (AvgIpc) is 3.09. The van der Waals surface area contributed by atoms with Gasteiger partial charge in [0.15, 0.2) is 5.78 Å². The van der Waals surface area contributed by atoms with Crippen LogP contribution in [-0.4, -0.2) is 36.5 Å². The molecule has 0 radical (unpaired) electrons. The third-order valence-corrected chi connectivity index (χ3v) is 3.71. The number of esters is 1. The van der Waals surface area contributed by atoms with Gasteiger partial charge in [-0.3, -0.25) is 14.6 Å². The van der Waals surface area contributed by atoms with Gasteiger partial charge in [0.2, 0.25) is 0 Å². The first-order chi connectivity index (χ1) is 12.0. The lowest BCUT2D eigenvalue weighted by atomic mass is 10.00. The SMILES string of the molecule is CC.CCOC(=O)CC(=O)c1cc(C)cc(C)c1N=NN1CCCC1. The Morgan fingerprint density at radius 2 is 1.80 bits per heavy atom. The minimum absolute atomic E-state index is 0.264. The fourth-order valence-corrected chi connectivity index (χ4v) is 2.64. The summed E-state index contributed by atoms with van der Waals surface area (Å²) in [6, 6.07) is 3.71. The molecule has 2 rings (SSSR count). The van der Waals surface area contributed by atoms with Crippen LogP contribution in [0, 0.1) is 13.8 Å². The molecular formula is C19H29N3O3. The van der Waals surface area contributed by atoms with Gasteiger partial charge in [0.25, 0.3) is 0 Å². The number of ketones is 1. The number of aryl methyl sites for hydroxylation is 2. The highest BCUT2D eigenvalue weighted by Gasteiger charge is 2.19. The second-order valence-electron chi connectivity index (χ2n) is 5.73. The van der Waals surface area contributed by atoms with Gasteiger partial charge < -0.3 is 4.74 Å². The Hall–Kier alpha value is -2.24. The van der Waals surface area contributed by atoms with E-state index in [4.69, 9.17) is 4.74 Å². The van der Waals surface area contributed by atoms with E-state index in [9.17, 15) is 9.59 Å². The van der Waals surface area contributed by atoms with E-state index in [2.05, 4.69) is 10.3 Å². The lowest BCUT2D eigenvalue weighted by molar-refractivity contribution is -0.141. The van der Waals surface area contributed by atoms with Gasteiger partial charge in [-0.05, 0) is 50.8 Å². The van der Waals surface area contributed by atoms with Gasteiger partial charge in [-0.2, -0.15) is 0 Å². The maximum atomic E-state index is 12.4. The number of hydrogen-bond donors (Lipinski definition) is 0. The van der Waals surface area contributed by atoms with Crippen molar-refractivity contribution < 1.29 is 14.3 Å². The molecule has 0 bridgehead atoms. The van der Waals surface area contributed by atoms with E-state index in [0.717, 1.165) is 37.1 Å². The molecule has 6 heteroatoms. The Bertz CT molecular complexity index is 621. The number of rotatable bonds is 6. The zero-order chi connectivity index (χ0) is 18.8. The van der Waals surface area contributed by atoms with Gasteiger partial charge in [0, 0.05) is 18.7 Å². The van der Waals surface area contributed by atoms with Crippen molar-refractivity contribution in [3.8, 4) is 0 Å². The monoisotopic (exact) mass is 347 g/mol. The standard InChI is InChI=1S/C17H23N3O3.C2H6/c1-4-23-16(22)11-15(21)14-10-12(2)9-13(3)17(14)18-19-20-7-5-6-8-20;1-2/h9-10H,4-8,11H2,1-3H3;1-2H3. The van der Waals surface area contributed by atoms with Crippen LogP contribution < -0.4 is 0 Å². The topological polar surface area (TPSA) is 71.3 Å². The van der Waals surface area contributed by atoms with Crippen LogP contribution in [0.3, 0.4) is 0 Å². The van der Waals surface area contributed by atoms with Gasteiger partial charge >= 0.3 is 5.97 Å². The highest BCUT2D eigenvalue weighted by Crippen LogP contribution is 2.28. The summed E-state index contributed by atoms with van der Waals surface area (Å²) in [6.45, 7) is 11.6. The first kappa shape index (κ1) is 20.8. The molecule has 1 fully saturated rings. The summed E-state index contributed by atoms with van der Waals surface area (Å²) in [4.78, 5) is 24.0. The Labute approximate surface area is 150 Å². The van der Waals surface area contributed by atoms with E-state index in [1.165, 1.54) is 0 Å². The summed E-state index contributed by atoms with van der Waals surface area (Å²) in [6.07, 6.45) is 1.95. The van der Waals surface area contributed by atoms with Crippen molar-refractivity contribution >= 4 is 17.4 Å². The molecule has 1 aromatic carbocycles. The molecule has 1 aromatic rings. The van der Waals surface area contributed by atoms with Crippen LogP contribution in [-0.2, 0) is 9.53 Å². The predicted octanol–water partition coefficient (Wildman–Crippen LogP) is 4.56. The molecule has 0 saturated carbocycles. The molecular weight excluding hydrogens is 318 g/mol. The molecule has 1 aliphatic rings. The van der Waals surface area contributed by atoms with Crippen LogP contribution in [0.4, 0.5) is 5.69 Å². The lowest BCUT2D eigenvalue weighted by Gasteiger charge is -2.11. The highest BCUT2D eigenvalue weighted by atomic mass is 16.5. The summed E-state index contributed by atoms with van der Waals surface area (Å²) in [7, 11) is 0. The lowest BCUT2D eigenvalue weighted by Crippen LogP contribution is -2.12. The van der Waals surface area contributed by atoms with E-state index in [0.29, 0.717) is 11.3 Å². The third kappa shape index (κ3) is 6.29. The summed E-state index contributed by atoms with van der Waals surface area (Å²) in [5.74, 6) is -0.801. The molecule has 0 aliphatic carbocycles. The maximum absolute atomic E-state index is 12.4. The molecule has 0 aromatic heterocycles. The third-order valence-electron chi connectivity index (χ3n) is 3.71. The zero-order valence-electron chi connectivity index (χ0n) is 16.0. The molecule has 0 unspecified atom stereocenters. The van der Waals surface area contributed by atoms with Crippen molar-refractivity contribution in [1.82, 2.24) is 5.01 Å². The molecule has 138 valence electrons. The van der Waals surface area contributed by atoms with Crippen LogP contribution in [0.15, 0.2) is 22.5 Å². The quantitative estimate of drug-likeness (QED) is 0.327. The van der Waals surface area contributed by atoms with Crippen LogP contribution in [0.5, 0.6) is 0 Å². The minimum atomic E-state index is -0.515. The molecule has 1 aliphatic heterocycles. The van der Waals surface area contributed by atoms with Gasteiger partial charge in [-0.15, -0.1) is 5.11 Å². The van der Waals surface area contributed by atoms with Crippen LogP contribution >= 0.6 is 0 Å². The minimum Gasteiger partial charge on any atom is -0.466 e. The predicted molar refractivity (Wildman–Crippen MR) is 98.2 cm³/mol. The van der Waals surface area contributed by atoms with Crippen LogP contribution in [0.1, 0.15) is 61.5 Å². The number of carbonyl (C=O) groups excluding carboxylic acids is 2. The number of hydrogen-bond acceptors (Lipinski definition) is 5. The van der Waals surface area contributed by atoms with E-state index in [1.54, 1.807) is 13.0 Å². The second-order valence-corrected chi connectivity index (χ2v) is 5.73. The first-order valence-electron chi connectivity index (χ1n) is 8.98. The Kier molecular flexibility index (Phi) is 8.81. The molecule has 0 atom stereocenters. The number of benzene rings is 1. The van der Waals surface area contributed by atoms with Gasteiger partial charge in [-0.25, -0.2) is 0 Å². The normalized spacial score (nSPS) is 13.6. The number of carbonyl (C=O) groups is 2. The van der Waals surface area contributed by atoms with E-state index >= 15 is 0 Å². The number of Topliss-reactive ketones (excluding diaryl/α,β-unsaturated/α-hetero) is 1. The van der Waals surface area contributed by atoms with E-state index in [1.807, 2.05) is 38.8 Å². The first-order valence-corrected chi connectivity index (χ1v) is 8.98. The fourth-order valence-electron chi connectivity index (χ4n) is 2.64. The zero-order valence-corrected chi connectivity index (χ0v) is 16.0. The van der Waals surface area contributed by atoms with Crippen molar-refractivity contribution in [2.75, 3.05) is 19.7 Å². The summed E-state index contributed by atoms with van der Waals surface area (Å²) in [5.41, 5.74) is 2.80. The number of nitrogens with zero attached hydrogens (tertiary/aromatic N) is 3. The average molecular weight is 347 g/mol. The Morgan fingerprint density at radius 3 is 2.40 bits per heavy atom. The molecule has 25 heavy (non-hydrogen) atoms. The van der Waals surface area contributed by atoms with Crippen molar-refractivity contribution in [2.24, 2.45) is 10.3 Å². The smallest absolute Gasteiger partial charge is 0.313 e. The van der Waals surface area contributed by atoms with Gasteiger partial charge in [0.1, 0.15) is 12.1 Å². The van der Waals surface area contributed by atoms with Crippen molar-refractivity contribution in [1.29, 1.82) is 0 Å². The second kappa shape index (κ2) is 10.6. The van der Waals surface area contributed by atoms with Crippen molar-refractivity contribution in [3.63, 3.8) is 0 Å². The summed E-state index contributed by atoms with van der Waals surface area (Å²) < 4.78 is 4.85. The Balaban J connectivity index is 0.00000151. The molecule has 0 amide bonds. The molecule has 0 spiro atoms. The summed E-state index contributed by atoms with van der Waals surface area (Å²) in [5, 5.41) is 10.4. The fraction of sp³-hybridized carbons (Fsp3) is 0.579. The molecule has 0 N–H and O–H groups in total. The largest absolute Gasteiger partial charge is 0.466 e. The molecule has 1 saturated heterocycles. The maximum Gasteiger partial charge on any atom is 0.313 e. The van der Waals surface area contributed by atoms with Crippen LogP contribution in [0.25, 0.3) is 0 Å². The van der Waals surface area contributed by atoms with Crippen molar-refractivity contribution in [2.45, 2.75) is 53.9 Å². The van der Waals surface area contributed by atoms with Crippen LogP contribution in [0.2, 0.25) is 0 Å². The van der Waals surface area contributed by atoms with E-state index in [-0.39, 0.29) is 18.8 Å². The van der Waals surface area contributed by atoms with E-state index < -0.39 is 5.97 Å². The van der Waals surface area contributed by atoms with Crippen molar-refractivity contribution in [3.05, 3.63) is 28.8 Å². The highest BCUT2D eigenvalue weighted by molar-refractivity contribution is 6.09. The molecule has 6 nitrogen and oxygen atoms in total.